The zero-order chi connectivity index (χ0) is 12.7. The van der Waals surface area contributed by atoms with Gasteiger partial charge in [-0.2, -0.15) is 0 Å². The summed E-state index contributed by atoms with van der Waals surface area (Å²) in [5.74, 6) is 0.321. The average Bonchev–Trinajstić information content (AvgIpc) is 2.13. The summed E-state index contributed by atoms with van der Waals surface area (Å²) < 4.78 is 0. The minimum Gasteiger partial charge on any atom is -0.508 e. The van der Waals surface area contributed by atoms with Crippen molar-refractivity contribution in [1.82, 2.24) is 5.32 Å². The lowest BCUT2D eigenvalue weighted by molar-refractivity contribution is 0.297. The second-order valence-corrected chi connectivity index (χ2v) is 6.12. The molecular weight excluding hydrogens is 246 g/mol. The first-order chi connectivity index (χ1) is 7.77. The summed E-state index contributed by atoms with van der Waals surface area (Å²) in [6, 6.07) is 7.47. The quantitative estimate of drug-likeness (QED) is 0.812. The predicted molar refractivity (Wildman–Crippen MR) is 79.2 cm³/mol. The largest absolute Gasteiger partial charge is 0.508 e. The summed E-state index contributed by atoms with van der Waals surface area (Å²) in [4.78, 5) is 0. The van der Waals surface area contributed by atoms with Crippen molar-refractivity contribution in [3.63, 3.8) is 0 Å². The van der Waals surface area contributed by atoms with Crippen LogP contribution in [0, 0.1) is 0 Å². The molecule has 2 N–H and O–H groups in total. The number of phenols is 1. The molecule has 100 valence electrons. The van der Waals surface area contributed by atoms with Crippen LogP contribution in [0.1, 0.15) is 39.7 Å². The summed E-state index contributed by atoms with van der Waals surface area (Å²) in [6.45, 7) is 8.83. The molecule has 1 aromatic rings. The molecule has 1 aromatic carbocycles. The third-order valence-electron chi connectivity index (χ3n) is 3.07. The summed E-state index contributed by atoms with van der Waals surface area (Å²) in [5.41, 5.74) is 2.66. The topological polar surface area (TPSA) is 32.3 Å². The fraction of sp³-hybridized carbons (Fsp3) is 0.467. The molecule has 0 aliphatic carbocycles. The van der Waals surface area contributed by atoms with E-state index in [0.29, 0.717) is 5.75 Å². The molecule has 0 saturated carbocycles. The van der Waals surface area contributed by atoms with E-state index in [-0.39, 0.29) is 23.5 Å². The highest BCUT2D eigenvalue weighted by molar-refractivity contribution is 5.85. The first-order valence-corrected chi connectivity index (χ1v) is 6.08. The van der Waals surface area contributed by atoms with E-state index in [1.54, 1.807) is 12.1 Å². The minimum atomic E-state index is 0. The van der Waals surface area contributed by atoms with Crippen LogP contribution in [0.4, 0.5) is 0 Å². The van der Waals surface area contributed by atoms with Crippen molar-refractivity contribution in [2.24, 2.45) is 0 Å². The number of benzene rings is 1. The first-order valence-electron chi connectivity index (χ1n) is 6.08. The molecule has 0 unspecified atom stereocenters. The maximum Gasteiger partial charge on any atom is 0.115 e. The molecule has 0 amide bonds. The van der Waals surface area contributed by atoms with Gasteiger partial charge in [-0.15, -0.1) is 12.4 Å². The Labute approximate surface area is 116 Å². The van der Waals surface area contributed by atoms with Crippen LogP contribution < -0.4 is 5.32 Å². The second kappa shape index (κ2) is 4.94. The van der Waals surface area contributed by atoms with Gasteiger partial charge in [-0.25, -0.2) is 0 Å². The smallest absolute Gasteiger partial charge is 0.115 e. The molecule has 0 atom stereocenters. The van der Waals surface area contributed by atoms with Crippen LogP contribution in [0.25, 0.3) is 5.57 Å². The average molecular weight is 268 g/mol. The minimum absolute atomic E-state index is 0. The van der Waals surface area contributed by atoms with Crippen molar-refractivity contribution in [3.8, 4) is 5.75 Å². The molecule has 0 fully saturated rings. The zero-order valence-corrected chi connectivity index (χ0v) is 12.3. The van der Waals surface area contributed by atoms with Gasteiger partial charge < -0.3 is 10.4 Å². The Hall–Kier alpha value is -0.990. The molecule has 3 heteroatoms. The van der Waals surface area contributed by atoms with Crippen molar-refractivity contribution in [3.05, 3.63) is 35.9 Å². The Kier molecular flexibility index (Phi) is 4.14. The Balaban J connectivity index is 0.00000162. The van der Waals surface area contributed by atoms with Gasteiger partial charge in [0, 0.05) is 11.1 Å². The van der Waals surface area contributed by atoms with Gasteiger partial charge in [0.1, 0.15) is 5.75 Å². The van der Waals surface area contributed by atoms with Crippen LogP contribution >= 0.6 is 12.4 Å². The van der Waals surface area contributed by atoms with Gasteiger partial charge in [-0.1, -0.05) is 18.2 Å². The highest BCUT2D eigenvalue weighted by atomic mass is 35.5. The van der Waals surface area contributed by atoms with E-state index in [1.807, 2.05) is 12.1 Å². The molecule has 0 saturated heterocycles. The van der Waals surface area contributed by atoms with E-state index < -0.39 is 0 Å². The van der Waals surface area contributed by atoms with Crippen molar-refractivity contribution in [2.75, 3.05) is 0 Å². The van der Waals surface area contributed by atoms with E-state index in [9.17, 15) is 5.11 Å². The van der Waals surface area contributed by atoms with Gasteiger partial charge in [0.15, 0.2) is 0 Å². The monoisotopic (exact) mass is 267 g/mol. The van der Waals surface area contributed by atoms with Gasteiger partial charge in [-0.05, 0) is 57.4 Å². The Morgan fingerprint density at radius 3 is 2.11 bits per heavy atom. The lowest BCUT2D eigenvalue weighted by Gasteiger charge is -2.41. The van der Waals surface area contributed by atoms with E-state index in [1.165, 1.54) is 11.1 Å². The molecule has 1 heterocycles. The van der Waals surface area contributed by atoms with Gasteiger partial charge >= 0.3 is 0 Å². The third-order valence-corrected chi connectivity index (χ3v) is 3.07. The Morgan fingerprint density at radius 1 is 1.06 bits per heavy atom. The fourth-order valence-corrected chi connectivity index (χ4v) is 2.78. The molecule has 18 heavy (non-hydrogen) atoms. The van der Waals surface area contributed by atoms with Crippen LogP contribution in [0.2, 0.25) is 0 Å². The van der Waals surface area contributed by atoms with Crippen molar-refractivity contribution < 1.29 is 5.11 Å². The number of halogens is 1. The van der Waals surface area contributed by atoms with Crippen molar-refractivity contribution >= 4 is 18.0 Å². The third kappa shape index (κ3) is 3.50. The van der Waals surface area contributed by atoms with Crippen LogP contribution in [-0.4, -0.2) is 16.2 Å². The Bertz CT molecular complexity index is 446. The van der Waals surface area contributed by atoms with Gasteiger partial charge in [-0.3, -0.25) is 0 Å². The molecule has 1 aliphatic rings. The van der Waals surface area contributed by atoms with Gasteiger partial charge in [0.05, 0.1) is 0 Å². The van der Waals surface area contributed by atoms with Crippen molar-refractivity contribution in [1.29, 1.82) is 0 Å². The molecule has 0 spiro atoms. The zero-order valence-electron chi connectivity index (χ0n) is 11.4. The molecule has 1 aliphatic heterocycles. The fourth-order valence-electron chi connectivity index (χ4n) is 2.78. The number of phenolic OH excluding ortho intramolecular Hbond substituents is 1. The highest BCUT2D eigenvalue weighted by Crippen LogP contribution is 2.33. The lowest BCUT2D eigenvalue weighted by Crippen LogP contribution is -2.53. The first kappa shape index (κ1) is 15.1. The molecule has 2 rings (SSSR count). The number of hydrogen-bond acceptors (Lipinski definition) is 2. The van der Waals surface area contributed by atoms with E-state index in [2.05, 4.69) is 39.1 Å². The predicted octanol–water partition coefficient (Wildman–Crippen LogP) is 3.75. The van der Waals surface area contributed by atoms with Crippen molar-refractivity contribution in [2.45, 2.75) is 45.2 Å². The Morgan fingerprint density at radius 2 is 1.61 bits per heavy atom. The number of hydrogen-bond donors (Lipinski definition) is 2. The highest BCUT2D eigenvalue weighted by Gasteiger charge is 2.32. The standard InChI is InChI=1S/C15H21NO.ClH/c1-14(2)9-12(10-15(3,4)16-14)11-5-7-13(17)8-6-11;/h5-9,16-17H,10H2,1-4H3;1H. The molecule has 0 radical (unpaired) electrons. The lowest BCUT2D eigenvalue weighted by atomic mass is 9.81. The number of rotatable bonds is 1. The summed E-state index contributed by atoms with van der Waals surface area (Å²) >= 11 is 0. The van der Waals surface area contributed by atoms with E-state index >= 15 is 0 Å². The maximum atomic E-state index is 9.33. The second-order valence-electron chi connectivity index (χ2n) is 6.12. The number of aromatic hydroxyl groups is 1. The van der Waals surface area contributed by atoms with Crippen LogP contribution in [0.15, 0.2) is 30.3 Å². The van der Waals surface area contributed by atoms with Crippen LogP contribution in [-0.2, 0) is 0 Å². The van der Waals surface area contributed by atoms with Crippen LogP contribution in [0.3, 0.4) is 0 Å². The van der Waals surface area contributed by atoms with E-state index in [0.717, 1.165) is 6.42 Å². The van der Waals surface area contributed by atoms with Gasteiger partial charge in [0.2, 0.25) is 0 Å². The molecule has 2 nitrogen and oxygen atoms in total. The maximum absolute atomic E-state index is 9.33. The van der Waals surface area contributed by atoms with Crippen LogP contribution in [0.5, 0.6) is 5.75 Å². The van der Waals surface area contributed by atoms with Gasteiger partial charge in [0.25, 0.3) is 0 Å². The summed E-state index contributed by atoms with van der Waals surface area (Å²) in [5, 5.41) is 12.9. The molecule has 0 bridgehead atoms. The van der Waals surface area contributed by atoms with E-state index in [4.69, 9.17) is 0 Å². The SMILES string of the molecule is CC1(C)C=C(c2ccc(O)cc2)CC(C)(C)N1.Cl. The summed E-state index contributed by atoms with van der Waals surface area (Å²) in [6.07, 6.45) is 3.28. The summed E-state index contributed by atoms with van der Waals surface area (Å²) in [7, 11) is 0. The normalized spacial score (nSPS) is 20.8. The number of nitrogens with one attached hydrogen (secondary N) is 1. The molecular formula is C15H22ClNO. The molecule has 0 aromatic heterocycles.